The number of methoxy groups -OCH3 is 2. The molecule has 1 aromatic rings. The summed E-state index contributed by atoms with van der Waals surface area (Å²) in [5, 5.41) is 3.87. The first kappa shape index (κ1) is 11.6. The van der Waals surface area contributed by atoms with Crippen molar-refractivity contribution in [3.8, 4) is 11.5 Å². The van der Waals surface area contributed by atoms with Crippen molar-refractivity contribution in [3.63, 3.8) is 0 Å². The van der Waals surface area contributed by atoms with E-state index in [-0.39, 0.29) is 0 Å². The molecule has 0 bridgehead atoms. The molecule has 1 heterocycles. The zero-order valence-corrected chi connectivity index (χ0v) is 10.3. The highest BCUT2D eigenvalue weighted by atomic mass is 35.5. The number of benzene rings is 1. The van der Waals surface area contributed by atoms with E-state index in [9.17, 15) is 0 Å². The van der Waals surface area contributed by atoms with E-state index in [4.69, 9.17) is 21.1 Å². The van der Waals surface area contributed by atoms with Crippen molar-refractivity contribution < 1.29 is 9.47 Å². The molecule has 1 saturated heterocycles. The van der Waals surface area contributed by atoms with E-state index >= 15 is 0 Å². The number of halogens is 1. The summed E-state index contributed by atoms with van der Waals surface area (Å²) in [4.78, 5) is 0. The van der Waals surface area contributed by atoms with Crippen LogP contribution in [0.5, 0.6) is 11.5 Å². The molecule has 4 heteroatoms. The smallest absolute Gasteiger partial charge is 0.179 e. The highest BCUT2D eigenvalue weighted by Crippen LogP contribution is 2.36. The Kier molecular flexibility index (Phi) is 3.56. The second-order valence-corrected chi connectivity index (χ2v) is 4.45. The maximum absolute atomic E-state index is 6.14. The van der Waals surface area contributed by atoms with E-state index < -0.39 is 0 Å². The van der Waals surface area contributed by atoms with Gasteiger partial charge in [-0.1, -0.05) is 11.6 Å². The van der Waals surface area contributed by atoms with E-state index in [2.05, 4.69) is 5.32 Å². The van der Waals surface area contributed by atoms with Crippen LogP contribution in [0.25, 0.3) is 0 Å². The quantitative estimate of drug-likeness (QED) is 0.876. The van der Waals surface area contributed by atoms with Crippen LogP contribution < -0.4 is 14.8 Å². The zero-order valence-electron chi connectivity index (χ0n) is 9.55. The summed E-state index contributed by atoms with van der Waals surface area (Å²) in [7, 11) is 3.22. The minimum Gasteiger partial charge on any atom is -0.493 e. The van der Waals surface area contributed by atoms with Crippen LogP contribution in [0.3, 0.4) is 0 Å². The van der Waals surface area contributed by atoms with Crippen LogP contribution in [0, 0.1) is 5.92 Å². The molecule has 16 heavy (non-hydrogen) atoms. The van der Waals surface area contributed by atoms with Gasteiger partial charge < -0.3 is 14.8 Å². The van der Waals surface area contributed by atoms with Gasteiger partial charge in [-0.3, -0.25) is 0 Å². The fourth-order valence-electron chi connectivity index (χ4n) is 1.92. The van der Waals surface area contributed by atoms with Gasteiger partial charge in [0.25, 0.3) is 0 Å². The lowest BCUT2D eigenvalue weighted by molar-refractivity contribution is 0.341. The number of rotatable bonds is 4. The predicted octanol–water partition coefficient (Wildman–Crippen LogP) is 2.12. The third kappa shape index (κ3) is 2.25. The largest absolute Gasteiger partial charge is 0.493 e. The monoisotopic (exact) mass is 241 g/mol. The molecular weight excluding hydrogens is 226 g/mol. The number of hydrogen-bond acceptors (Lipinski definition) is 3. The third-order valence-corrected chi connectivity index (χ3v) is 3.16. The molecule has 0 amide bonds. The van der Waals surface area contributed by atoms with Gasteiger partial charge in [-0.05, 0) is 43.1 Å². The van der Waals surface area contributed by atoms with Crippen molar-refractivity contribution in [2.24, 2.45) is 5.92 Å². The normalized spacial score (nSPS) is 15.7. The Balaban J connectivity index is 2.22. The fraction of sp³-hybridized carbons (Fsp3) is 0.500. The van der Waals surface area contributed by atoms with Gasteiger partial charge in [0, 0.05) is 0 Å². The van der Waals surface area contributed by atoms with Crippen LogP contribution in [-0.2, 0) is 6.42 Å². The predicted molar refractivity (Wildman–Crippen MR) is 64.6 cm³/mol. The fourth-order valence-corrected chi connectivity index (χ4v) is 2.23. The Hall–Kier alpha value is -0.930. The Labute approximate surface area is 101 Å². The second-order valence-electron chi connectivity index (χ2n) is 4.04. The average Bonchev–Trinajstić information content (AvgIpc) is 2.22. The van der Waals surface area contributed by atoms with Crippen LogP contribution >= 0.6 is 11.6 Å². The maximum Gasteiger partial charge on any atom is 0.179 e. The van der Waals surface area contributed by atoms with E-state index in [1.54, 1.807) is 14.2 Å². The maximum atomic E-state index is 6.14. The molecule has 1 aromatic carbocycles. The summed E-state index contributed by atoms with van der Waals surface area (Å²) in [6.45, 7) is 2.18. The topological polar surface area (TPSA) is 30.5 Å². The highest BCUT2D eigenvalue weighted by molar-refractivity contribution is 6.32. The van der Waals surface area contributed by atoms with Gasteiger partial charge in [0.2, 0.25) is 0 Å². The van der Waals surface area contributed by atoms with Crippen LogP contribution in [0.4, 0.5) is 0 Å². The minimum atomic E-state index is 0.611. The first-order valence-corrected chi connectivity index (χ1v) is 5.73. The van der Waals surface area contributed by atoms with Crippen molar-refractivity contribution in [1.82, 2.24) is 5.32 Å². The lowest BCUT2D eigenvalue weighted by atomic mass is 9.94. The van der Waals surface area contributed by atoms with Gasteiger partial charge >= 0.3 is 0 Å². The number of hydrogen-bond donors (Lipinski definition) is 1. The van der Waals surface area contributed by atoms with Crippen LogP contribution in [-0.4, -0.2) is 27.3 Å². The van der Waals surface area contributed by atoms with E-state index in [0.29, 0.717) is 22.4 Å². The van der Waals surface area contributed by atoms with Crippen molar-refractivity contribution >= 4 is 11.6 Å². The number of ether oxygens (including phenoxy) is 2. The van der Waals surface area contributed by atoms with Crippen LogP contribution in [0.2, 0.25) is 5.02 Å². The Bertz CT molecular complexity index is 378. The van der Waals surface area contributed by atoms with E-state index in [0.717, 1.165) is 19.5 Å². The standard InChI is InChI=1S/C12H16ClNO2/c1-15-11-5-8(3-9-6-14-7-9)4-10(13)12(11)16-2/h4-5,9,14H,3,6-7H2,1-2H3. The molecule has 0 saturated carbocycles. The van der Waals surface area contributed by atoms with Gasteiger partial charge in [0.15, 0.2) is 11.5 Å². The van der Waals surface area contributed by atoms with Crippen LogP contribution in [0.1, 0.15) is 5.56 Å². The SMILES string of the molecule is COc1cc(CC2CNC2)cc(Cl)c1OC. The Morgan fingerprint density at radius 3 is 2.56 bits per heavy atom. The molecule has 0 aliphatic carbocycles. The molecule has 1 fully saturated rings. The molecule has 0 unspecified atom stereocenters. The first-order valence-electron chi connectivity index (χ1n) is 5.35. The lowest BCUT2D eigenvalue weighted by Gasteiger charge is -2.27. The second kappa shape index (κ2) is 4.93. The van der Waals surface area contributed by atoms with E-state index in [1.165, 1.54) is 5.56 Å². The summed E-state index contributed by atoms with van der Waals surface area (Å²) in [6, 6.07) is 3.96. The van der Waals surface area contributed by atoms with Gasteiger partial charge in [0.1, 0.15) is 0 Å². The van der Waals surface area contributed by atoms with Crippen molar-refractivity contribution in [3.05, 3.63) is 22.7 Å². The summed E-state index contributed by atoms with van der Waals surface area (Å²) in [5.41, 5.74) is 1.20. The molecule has 0 spiro atoms. The summed E-state index contributed by atoms with van der Waals surface area (Å²) in [5.74, 6) is 2.03. The Morgan fingerprint density at radius 2 is 2.06 bits per heavy atom. The third-order valence-electron chi connectivity index (χ3n) is 2.88. The average molecular weight is 242 g/mol. The molecule has 0 radical (unpaired) electrons. The molecule has 1 aliphatic heterocycles. The van der Waals surface area contributed by atoms with Gasteiger partial charge in [-0.25, -0.2) is 0 Å². The summed E-state index contributed by atoms with van der Waals surface area (Å²) >= 11 is 6.14. The van der Waals surface area contributed by atoms with Gasteiger partial charge in [0.05, 0.1) is 19.2 Å². The van der Waals surface area contributed by atoms with Gasteiger partial charge in [-0.2, -0.15) is 0 Å². The van der Waals surface area contributed by atoms with Gasteiger partial charge in [-0.15, -0.1) is 0 Å². The molecule has 3 nitrogen and oxygen atoms in total. The summed E-state index contributed by atoms with van der Waals surface area (Å²) in [6.07, 6.45) is 1.03. The van der Waals surface area contributed by atoms with Crippen molar-refractivity contribution in [2.45, 2.75) is 6.42 Å². The molecule has 0 atom stereocenters. The molecular formula is C12H16ClNO2. The molecule has 1 aliphatic rings. The molecule has 88 valence electrons. The zero-order chi connectivity index (χ0) is 11.5. The Morgan fingerprint density at radius 1 is 1.31 bits per heavy atom. The van der Waals surface area contributed by atoms with E-state index in [1.807, 2.05) is 12.1 Å². The van der Waals surface area contributed by atoms with Crippen molar-refractivity contribution in [1.29, 1.82) is 0 Å². The molecule has 2 rings (SSSR count). The molecule has 1 N–H and O–H groups in total. The lowest BCUT2D eigenvalue weighted by Crippen LogP contribution is -2.43. The van der Waals surface area contributed by atoms with Crippen molar-refractivity contribution in [2.75, 3.05) is 27.3 Å². The first-order chi connectivity index (χ1) is 7.74. The molecule has 0 aromatic heterocycles. The highest BCUT2D eigenvalue weighted by Gasteiger charge is 2.19. The minimum absolute atomic E-state index is 0.611. The summed E-state index contributed by atoms with van der Waals surface area (Å²) < 4.78 is 10.5. The number of nitrogens with one attached hydrogen (secondary N) is 1. The van der Waals surface area contributed by atoms with Crippen LogP contribution in [0.15, 0.2) is 12.1 Å².